The van der Waals surface area contributed by atoms with Gasteiger partial charge in [-0.1, -0.05) is 18.2 Å². The number of carboxylic acid groups (broad SMARTS) is 1. The van der Waals surface area contributed by atoms with Crippen LogP contribution in [-0.2, 0) is 16.9 Å². The summed E-state index contributed by atoms with van der Waals surface area (Å²) in [5, 5.41) is 20.7. The lowest BCUT2D eigenvalue weighted by atomic mass is 9.90. The molecule has 190 valence electrons. The van der Waals surface area contributed by atoms with E-state index in [1.165, 1.54) is 16.7 Å². The number of nitrogens with one attached hydrogen (secondary N) is 1. The average molecular weight is 528 g/mol. The molecule has 0 saturated carbocycles. The number of carbonyl (C=O) groups is 2. The van der Waals surface area contributed by atoms with Crippen LogP contribution >= 0.6 is 11.8 Å². The summed E-state index contributed by atoms with van der Waals surface area (Å²) in [5.74, 6) is -5.67. The minimum atomic E-state index is -1.69. The van der Waals surface area contributed by atoms with E-state index in [2.05, 4.69) is 5.43 Å². The lowest BCUT2D eigenvalue weighted by molar-refractivity contribution is -0.00305. The van der Waals surface area contributed by atoms with Crippen molar-refractivity contribution in [2.45, 2.75) is 23.2 Å². The Bertz CT molecular complexity index is 1570. The van der Waals surface area contributed by atoms with E-state index in [9.17, 15) is 24.6 Å². The summed E-state index contributed by atoms with van der Waals surface area (Å²) in [6.45, 7) is 0.470. The molecule has 9 nitrogen and oxygen atoms in total. The fraction of sp³-hybridized carbons (Fsp3) is 0.240. The van der Waals surface area contributed by atoms with Crippen LogP contribution in [0.15, 0.2) is 40.0 Å². The SMILES string of the molecule is O=C(O)c1c(-c2cc(F)c(F)c3c2Cc2ccccc2SC3)n2c(c(O)c1=O)C(=O)N1CCOC[C@H]1N2. The van der Waals surface area contributed by atoms with Crippen LogP contribution in [0.5, 0.6) is 5.75 Å². The van der Waals surface area contributed by atoms with Crippen LogP contribution in [0.1, 0.15) is 37.5 Å². The number of halogens is 2. The van der Waals surface area contributed by atoms with E-state index < -0.39 is 52.1 Å². The number of amides is 1. The minimum Gasteiger partial charge on any atom is -0.502 e. The molecule has 37 heavy (non-hydrogen) atoms. The lowest BCUT2D eigenvalue weighted by Gasteiger charge is -2.42. The second-order valence-electron chi connectivity index (χ2n) is 8.86. The van der Waals surface area contributed by atoms with Crippen LogP contribution in [0.2, 0.25) is 0 Å². The molecule has 6 rings (SSSR count). The molecule has 2 aromatic carbocycles. The Hall–Kier alpha value is -3.90. The summed E-state index contributed by atoms with van der Waals surface area (Å²) >= 11 is 1.31. The van der Waals surface area contributed by atoms with Crippen molar-refractivity contribution >= 4 is 23.6 Å². The number of hydrogen-bond acceptors (Lipinski definition) is 7. The van der Waals surface area contributed by atoms with E-state index in [0.29, 0.717) is 0 Å². The Morgan fingerprint density at radius 3 is 2.73 bits per heavy atom. The summed E-state index contributed by atoms with van der Waals surface area (Å²) in [5.41, 5.74) is 1.03. The number of pyridine rings is 1. The fourth-order valence-corrected chi connectivity index (χ4v) is 6.19. The lowest BCUT2D eigenvalue weighted by Crippen LogP contribution is -2.59. The van der Waals surface area contributed by atoms with Crippen LogP contribution in [0.4, 0.5) is 8.78 Å². The van der Waals surface area contributed by atoms with Crippen molar-refractivity contribution in [2.24, 2.45) is 0 Å². The van der Waals surface area contributed by atoms with Crippen molar-refractivity contribution in [3.8, 4) is 17.0 Å². The van der Waals surface area contributed by atoms with E-state index in [-0.39, 0.29) is 54.3 Å². The van der Waals surface area contributed by atoms with Gasteiger partial charge in [0.2, 0.25) is 5.43 Å². The first-order valence-electron chi connectivity index (χ1n) is 11.4. The number of ether oxygens (including phenoxy) is 1. The molecule has 3 aliphatic rings. The first-order chi connectivity index (χ1) is 17.8. The average Bonchev–Trinajstić information content (AvgIpc) is 3.08. The number of nitrogens with zero attached hydrogens (tertiary/aromatic N) is 2. The highest BCUT2D eigenvalue weighted by atomic mass is 32.2. The fourth-order valence-electron chi connectivity index (χ4n) is 5.09. The molecule has 12 heteroatoms. The first kappa shape index (κ1) is 23.5. The van der Waals surface area contributed by atoms with Crippen molar-refractivity contribution in [3.63, 3.8) is 0 Å². The van der Waals surface area contributed by atoms with E-state index >= 15 is 8.78 Å². The highest BCUT2D eigenvalue weighted by molar-refractivity contribution is 7.98. The third-order valence-corrected chi connectivity index (χ3v) is 7.98. The number of rotatable bonds is 2. The van der Waals surface area contributed by atoms with Gasteiger partial charge in [0.1, 0.15) is 11.7 Å². The smallest absolute Gasteiger partial charge is 0.342 e. The second kappa shape index (κ2) is 8.60. The Morgan fingerprint density at radius 1 is 1.16 bits per heavy atom. The summed E-state index contributed by atoms with van der Waals surface area (Å²) in [4.78, 5) is 41.1. The molecule has 3 aliphatic heterocycles. The zero-order chi connectivity index (χ0) is 26.0. The first-order valence-corrected chi connectivity index (χ1v) is 12.4. The van der Waals surface area contributed by atoms with Gasteiger partial charge in [0.05, 0.1) is 18.9 Å². The molecular formula is C25H19F2N3O6S. The maximum atomic E-state index is 15.1. The van der Waals surface area contributed by atoms with Gasteiger partial charge in [-0.2, -0.15) is 0 Å². The molecule has 1 amide bonds. The number of aromatic carboxylic acids is 1. The Balaban J connectivity index is 1.70. The van der Waals surface area contributed by atoms with Crippen molar-refractivity contribution in [1.29, 1.82) is 0 Å². The quantitative estimate of drug-likeness (QED) is 0.465. The predicted octanol–water partition coefficient (Wildman–Crippen LogP) is 2.75. The molecule has 0 bridgehead atoms. The molecule has 1 aromatic heterocycles. The van der Waals surface area contributed by atoms with Crippen LogP contribution in [0.3, 0.4) is 0 Å². The highest BCUT2D eigenvalue weighted by Gasteiger charge is 2.41. The molecule has 0 radical (unpaired) electrons. The van der Waals surface area contributed by atoms with Gasteiger partial charge < -0.3 is 25.3 Å². The number of hydrogen-bond donors (Lipinski definition) is 3. The van der Waals surface area contributed by atoms with Gasteiger partial charge in [-0.05, 0) is 29.7 Å². The van der Waals surface area contributed by atoms with Crippen molar-refractivity contribution in [1.82, 2.24) is 9.58 Å². The summed E-state index contributed by atoms with van der Waals surface area (Å²) in [6, 6.07) is 8.16. The van der Waals surface area contributed by atoms with E-state index in [0.717, 1.165) is 21.2 Å². The Morgan fingerprint density at radius 2 is 1.95 bits per heavy atom. The summed E-state index contributed by atoms with van der Waals surface area (Å²) in [7, 11) is 0. The number of morpholine rings is 1. The number of thioether (sulfide) groups is 1. The van der Waals surface area contributed by atoms with Crippen molar-refractivity contribution in [2.75, 3.05) is 25.2 Å². The van der Waals surface area contributed by atoms with Crippen molar-refractivity contribution in [3.05, 3.63) is 80.1 Å². The molecule has 3 aromatic rings. The standard InChI is InChI=1S/C25H19F2N3O6S/c26-15-8-13(12-7-11-3-1-2-4-16(11)37-10-14(12)19(15)27)20-18(25(34)35)22(31)23(32)21-24(33)29-5-6-36-9-17(29)28-30(20)21/h1-4,8,17,28,32H,5-7,9-10H2,(H,34,35)/t17-/m0/s1. The number of aromatic nitrogens is 1. The second-order valence-corrected chi connectivity index (χ2v) is 9.88. The highest BCUT2D eigenvalue weighted by Crippen LogP contribution is 2.41. The number of aromatic hydroxyl groups is 1. The summed E-state index contributed by atoms with van der Waals surface area (Å²) in [6.07, 6.45) is -0.614. The number of carbonyl (C=O) groups excluding carboxylic acids is 1. The molecule has 0 unspecified atom stereocenters. The van der Waals surface area contributed by atoms with E-state index in [1.54, 1.807) is 6.07 Å². The van der Waals surface area contributed by atoms with Gasteiger partial charge >= 0.3 is 5.97 Å². The van der Waals surface area contributed by atoms with Gasteiger partial charge in [0, 0.05) is 28.3 Å². The van der Waals surface area contributed by atoms with Crippen LogP contribution < -0.4 is 10.9 Å². The Labute approximate surface area is 212 Å². The topological polar surface area (TPSA) is 121 Å². The molecular weight excluding hydrogens is 508 g/mol. The molecule has 0 spiro atoms. The van der Waals surface area contributed by atoms with Crippen molar-refractivity contribution < 1.29 is 33.3 Å². The summed E-state index contributed by atoms with van der Waals surface area (Å²) < 4.78 is 36.6. The molecule has 1 atom stereocenters. The largest absolute Gasteiger partial charge is 0.502 e. The van der Waals surface area contributed by atoms with Gasteiger partial charge in [-0.15, -0.1) is 11.8 Å². The van der Waals surface area contributed by atoms with Gasteiger partial charge in [0.15, 0.2) is 23.1 Å². The molecule has 3 N–H and O–H groups in total. The van der Waals surface area contributed by atoms with E-state index in [4.69, 9.17) is 4.74 Å². The van der Waals surface area contributed by atoms with Gasteiger partial charge in [-0.25, -0.2) is 18.3 Å². The zero-order valence-corrected chi connectivity index (χ0v) is 19.9. The number of carboxylic acids is 1. The number of benzene rings is 2. The normalized spacial score (nSPS) is 18.2. The van der Waals surface area contributed by atoms with Crippen LogP contribution in [-0.4, -0.2) is 57.6 Å². The maximum absolute atomic E-state index is 15.1. The van der Waals surface area contributed by atoms with E-state index in [1.807, 2.05) is 18.2 Å². The van der Waals surface area contributed by atoms with Crippen LogP contribution in [0.25, 0.3) is 11.3 Å². The molecule has 1 fully saturated rings. The molecule has 4 heterocycles. The third kappa shape index (κ3) is 3.50. The zero-order valence-electron chi connectivity index (χ0n) is 19.1. The minimum absolute atomic E-state index is 0.0344. The maximum Gasteiger partial charge on any atom is 0.342 e. The molecule has 1 saturated heterocycles. The Kier molecular flexibility index (Phi) is 5.46. The predicted molar refractivity (Wildman–Crippen MR) is 128 cm³/mol. The molecule has 0 aliphatic carbocycles. The van der Waals surface area contributed by atoms with Gasteiger partial charge in [0.25, 0.3) is 5.91 Å². The van der Waals surface area contributed by atoms with Gasteiger partial charge in [-0.3, -0.25) is 9.59 Å². The number of fused-ring (bicyclic) bond motifs is 4. The van der Waals surface area contributed by atoms with Crippen LogP contribution in [0, 0.1) is 11.6 Å². The monoisotopic (exact) mass is 527 g/mol. The third-order valence-electron chi connectivity index (χ3n) is 6.84.